The largest absolute Gasteiger partial charge is 0.193 e. The van der Waals surface area contributed by atoms with Crippen LogP contribution >= 0.6 is 0 Å². The van der Waals surface area contributed by atoms with Crippen molar-refractivity contribution < 1.29 is 0 Å². The van der Waals surface area contributed by atoms with Crippen LogP contribution in [0.5, 0.6) is 0 Å². The fourth-order valence-electron chi connectivity index (χ4n) is 18.1. The third-order valence-electron chi connectivity index (χ3n) is 25.0. The van der Waals surface area contributed by atoms with Gasteiger partial charge in [-0.3, -0.25) is 0 Å². The Hall–Kier alpha value is -18.1. The summed E-state index contributed by atoms with van der Waals surface area (Å²) in [5.74, 6) is 0.162. The van der Waals surface area contributed by atoms with Gasteiger partial charge in [0.25, 0.3) is 0 Å². The van der Waals surface area contributed by atoms with Crippen molar-refractivity contribution in [2.45, 2.75) is 32.6 Å². The lowest BCUT2D eigenvalue weighted by Gasteiger charge is -2.22. The molecule has 636 valence electrons. The molecule has 0 spiro atoms. The van der Waals surface area contributed by atoms with E-state index in [0.29, 0.717) is 34.2 Å². The van der Waals surface area contributed by atoms with Crippen LogP contribution in [-0.4, -0.2) is 0 Å². The van der Waals surface area contributed by atoms with Crippen LogP contribution in [0.4, 0.5) is 0 Å². The van der Waals surface area contributed by atoms with Crippen molar-refractivity contribution in [2.75, 3.05) is 0 Å². The van der Waals surface area contributed by atoms with Crippen LogP contribution in [0.15, 0.2) is 435 Å². The first-order valence-electron chi connectivity index (χ1n) is 45.5. The highest BCUT2D eigenvalue weighted by molar-refractivity contribution is 6.00. The van der Waals surface area contributed by atoms with Gasteiger partial charge in [-0.1, -0.05) is 304 Å². The van der Waals surface area contributed by atoms with Crippen LogP contribution < -0.4 is 0 Å². The Morgan fingerprint density at radius 1 is 0.274 bits per heavy atom. The number of hydrogen-bond donors (Lipinski definition) is 0. The summed E-state index contributed by atoms with van der Waals surface area (Å²) in [6.07, 6.45) is 41.0. The summed E-state index contributed by atoms with van der Waals surface area (Å²) < 4.78 is 0. The van der Waals surface area contributed by atoms with Crippen molar-refractivity contribution >= 4 is 82.0 Å². The fourth-order valence-corrected chi connectivity index (χ4v) is 18.1. The maximum Gasteiger partial charge on any atom is 0.0991 e. The zero-order chi connectivity index (χ0) is 92.2. The highest BCUT2D eigenvalue weighted by Crippen LogP contribution is 2.43. The van der Waals surface area contributed by atoms with E-state index >= 15 is 0 Å². The van der Waals surface area contributed by atoms with Gasteiger partial charge < -0.3 is 0 Å². The van der Waals surface area contributed by atoms with Gasteiger partial charge in [0.1, 0.15) is 0 Å². The monoisotopic (exact) mass is 1720 g/mol. The quantitative estimate of drug-likeness (QED) is 0.0551. The average Bonchev–Trinajstić information content (AvgIpc) is 0.800. The van der Waals surface area contributed by atoms with Crippen molar-refractivity contribution in [2.24, 2.45) is 11.8 Å². The third kappa shape index (κ3) is 21.3. The second kappa shape index (κ2) is 41.5. The van der Waals surface area contributed by atoms with Gasteiger partial charge >= 0.3 is 0 Å². The molecule has 0 bridgehead atoms. The summed E-state index contributed by atoms with van der Waals surface area (Å²) in [4.78, 5) is 0. The minimum Gasteiger partial charge on any atom is -0.193 e. The molecule has 0 amide bonds. The second-order valence-electron chi connectivity index (χ2n) is 34.2. The topological polar surface area (TPSA) is 143 Å². The normalized spacial score (nSPS) is 14.5. The number of hydrogen-bond acceptors (Lipinski definition) is 6. The lowest BCUT2D eigenvalue weighted by molar-refractivity contribution is 0.693. The Balaban J connectivity index is 0.781. The molecule has 18 rings (SSSR count). The van der Waals surface area contributed by atoms with Crippen LogP contribution in [0, 0.1) is 79.8 Å². The first kappa shape index (κ1) is 87.5. The molecule has 0 heterocycles. The molecule has 0 N–H and O–H groups in total. The minimum atomic E-state index is 0.0674. The van der Waals surface area contributed by atoms with E-state index in [-0.39, 0.29) is 11.8 Å². The van der Waals surface area contributed by atoms with Gasteiger partial charge in [-0.15, -0.1) is 0 Å². The number of nitriles is 6. The average molecular weight is 1720 g/mol. The molecule has 0 aliphatic heterocycles. The molecule has 2 unspecified atom stereocenters. The van der Waals surface area contributed by atoms with Crippen LogP contribution in [0.1, 0.15) is 155 Å². The zero-order valence-electron chi connectivity index (χ0n) is 74.6. The third-order valence-corrected chi connectivity index (χ3v) is 25.0. The Kier molecular flexibility index (Phi) is 26.9. The van der Waals surface area contributed by atoms with Crippen molar-refractivity contribution in [3.05, 3.63) is 558 Å². The van der Waals surface area contributed by atoms with Crippen molar-refractivity contribution in [3.8, 4) is 80.9 Å². The summed E-state index contributed by atoms with van der Waals surface area (Å²) in [6, 6.07) is 140. The number of rotatable bonds is 24. The van der Waals surface area contributed by atoms with Gasteiger partial charge in [-0.05, 0) is 385 Å². The summed E-state index contributed by atoms with van der Waals surface area (Å²) in [5.41, 5.74) is 37.5. The first-order valence-corrected chi connectivity index (χ1v) is 45.5. The molecule has 2 atom stereocenters. The summed E-state index contributed by atoms with van der Waals surface area (Å²) in [7, 11) is 0. The van der Waals surface area contributed by atoms with E-state index in [0.717, 1.165) is 209 Å². The maximum absolute atomic E-state index is 10.2. The molecular formula is C129H90N6. The lowest BCUT2D eigenvalue weighted by atomic mass is 9.81. The molecule has 0 radical (unpaired) electrons. The Morgan fingerprint density at radius 2 is 0.585 bits per heavy atom. The van der Waals surface area contributed by atoms with Gasteiger partial charge in [-0.2, -0.15) is 31.6 Å². The molecule has 6 heteroatoms. The number of benzene rings is 15. The van der Waals surface area contributed by atoms with Gasteiger partial charge in [0.05, 0.1) is 64.2 Å². The van der Waals surface area contributed by atoms with E-state index in [1.807, 2.05) is 140 Å². The van der Waals surface area contributed by atoms with Gasteiger partial charge in [0, 0.05) is 11.5 Å². The predicted molar refractivity (Wildman–Crippen MR) is 558 cm³/mol. The molecule has 15 aromatic rings. The molecule has 0 saturated carbocycles. The van der Waals surface area contributed by atoms with Crippen LogP contribution in [0.2, 0.25) is 0 Å². The number of allylic oxidation sites excluding steroid dienone is 15. The zero-order valence-corrected chi connectivity index (χ0v) is 74.6. The molecule has 135 heavy (non-hydrogen) atoms. The first-order chi connectivity index (χ1) is 66.4. The Morgan fingerprint density at radius 3 is 0.911 bits per heavy atom. The van der Waals surface area contributed by atoms with Crippen molar-refractivity contribution in [1.29, 1.82) is 31.6 Å². The fraction of sp³-hybridized carbons (Fsp3) is 0.0543. The Labute approximate surface area is 791 Å². The van der Waals surface area contributed by atoms with E-state index in [1.54, 1.807) is 0 Å². The molecule has 0 fully saturated rings. The molecule has 0 saturated heterocycles. The van der Waals surface area contributed by atoms with E-state index in [9.17, 15) is 31.6 Å². The van der Waals surface area contributed by atoms with Gasteiger partial charge in [0.2, 0.25) is 0 Å². The van der Waals surface area contributed by atoms with Crippen molar-refractivity contribution in [1.82, 2.24) is 0 Å². The number of nitrogens with zero attached hydrogens (tertiary/aromatic N) is 6. The van der Waals surface area contributed by atoms with Crippen LogP contribution in [0.3, 0.4) is 0 Å². The molecule has 6 nitrogen and oxygen atoms in total. The highest BCUT2D eigenvalue weighted by atomic mass is 14.3. The van der Waals surface area contributed by atoms with Gasteiger partial charge in [0.15, 0.2) is 0 Å². The second-order valence-corrected chi connectivity index (χ2v) is 34.2. The summed E-state index contributed by atoms with van der Waals surface area (Å²) in [6.45, 7) is 2.21. The molecular weight excluding hydrogens is 1630 g/mol. The van der Waals surface area contributed by atoms with Gasteiger partial charge in [-0.25, -0.2) is 0 Å². The van der Waals surface area contributed by atoms with E-state index in [2.05, 4.69) is 371 Å². The van der Waals surface area contributed by atoms with Crippen LogP contribution in [0.25, 0.3) is 127 Å². The van der Waals surface area contributed by atoms with E-state index < -0.39 is 0 Å². The summed E-state index contributed by atoms with van der Waals surface area (Å²) >= 11 is 0. The highest BCUT2D eigenvalue weighted by Gasteiger charge is 2.23. The lowest BCUT2D eigenvalue weighted by Crippen LogP contribution is -2.07. The van der Waals surface area contributed by atoms with Crippen molar-refractivity contribution in [3.63, 3.8) is 0 Å². The minimum absolute atomic E-state index is 0.0674. The molecule has 3 aliphatic rings. The maximum atomic E-state index is 10.2. The Bertz CT molecular complexity index is 7580. The molecule has 15 aromatic carbocycles. The molecule has 0 aromatic heterocycles. The van der Waals surface area contributed by atoms with E-state index in [4.69, 9.17) is 0 Å². The van der Waals surface area contributed by atoms with Crippen LogP contribution in [-0.2, 0) is 0 Å². The standard InChI is InChI=1S/C129H90N6/c1-89-64-97(88-135)44-63-123(89)129(113-30-18-7-19-31-113)82-99-66-96(70-120(72-99)105-57-61-107(62-58-105)122-75-102(80-127(111-26-14-5-15-27-111)117-51-40-93(86-133)41-52-117)68-103(76-122)81-128(112-28-16-6-17-29-112)118-53-42-94(87-134)43-54-118)33-32-95-65-98(77-124(108-20-8-2-9-21-108)114-45-34-90(83-130)35-46-114)71-119(69-95)104-55-59-106(60-56-104)121-73-100(78-125(109-22-10-3-11-23-109)115-47-36-91(84-131)37-48-115)67-101(74-121)79-126(110-24-12-4-13-25-110)116-49-38-92(85-132)39-50-116/h2-3,5-12,14-22,24-63,65-82,89,109H,4,13,23,64H2,1H3/b33-32+,124-77+,125-78-,126-79+,127-80+,128-81+,129-82+. The molecule has 3 aliphatic carbocycles. The predicted octanol–water partition coefficient (Wildman–Crippen LogP) is 32.1. The van der Waals surface area contributed by atoms with E-state index in [1.165, 1.54) is 0 Å². The summed E-state index contributed by atoms with van der Waals surface area (Å²) in [5, 5.41) is 59.9. The SMILES string of the molecule is CC1CC(C#N)=CC=C1/C(=C/c1cc(/C=C/c2cc(/C=C(\c3ccccc3)c3ccc(C#N)cc3)cc(-c3ccc(-c4cc(/C=C(\C5=CCCC=C5)c5ccc(C#N)cc5)cc(/C=C(\c5ccc(C#N)cc5)C5C=CC=CC5)c4)cc3)c2)cc(-c2ccc(-c3cc(/C=C(\c4ccccc4)c4ccc(C#N)cc4)cc(/C=C(\c4ccccc4)c4ccc(C#N)cc4)c3)cc2)c1)c1ccccc1. The smallest absolute Gasteiger partial charge is 0.0991 e.